The van der Waals surface area contributed by atoms with E-state index in [4.69, 9.17) is 0 Å². The Bertz CT molecular complexity index is 428. The highest BCUT2D eigenvalue weighted by atomic mass is 32.2. The molecule has 0 bridgehead atoms. The minimum absolute atomic E-state index is 0.514. The second kappa shape index (κ2) is 3.77. The topological polar surface area (TPSA) is 17.1 Å². The van der Waals surface area contributed by atoms with Crippen LogP contribution in [-0.4, -0.2) is 16.3 Å². The normalized spacial score (nSPS) is 15.5. The molecule has 1 unspecified atom stereocenters. The highest BCUT2D eigenvalue weighted by Gasteiger charge is 2.07. The average Bonchev–Trinajstić information content (AvgIpc) is 2.01. The van der Waals surface area contributed by atoms with Crippen molar-refractivity contribution in [3.05, 3.63) is 29.3 Å². The molecule has 0 aliphatic carbocycles. The van der Waals surface area contributed by atoms with E-state index >= 15 is 0 Å². The van der Waals surface area contributed by atoms with Gasteiger partial charge in [0.25, 0.3) is 0 Å². The zero-order valence-electron chi connectivity index (χ0n) is 9.33. The van der Waals surface area contributed by atoms with Gasteiger partial charge < -0.3 is 0 Å². The van der Waals surface area contributed by atoms with Crippen molar-refractivity contribution in [2.45, 2.75) is 31.6 Å². The Morgan fingerprint density at radius 1 is 1.36 bits per heavy atom. The van der Waals surface area contributed by atoms with Crippen LogP contribution in [0.1, 0.15) is 30.9 Å². The predicted molar refractivity (Wildman–Crippen MR) is 64.7 cm³/mol. The quantitative estimate of drug-likeness (QED) is 0.686. The molecule has 0 fully saturated rings. The predicted octanol–water partition coefficient (Wildman–Crippen LogP) is 2.82. The van der Waals surface area contributed by atoms with Crippen molar-refractivity contribution in [2.75, 3.05) is 6.26 Å². The van der Waals surface area contributed by atoms with E-state index in [1.807, 2.05) is 19.1 Å². The van der Waals surface area contributed by atoms with Gasteiger partial charge in [0, 0.05) is 11.2 Å². The highest BCUT2D eigenvalue weighted by molar-refractivity contribution is 7.99. The molecule has 1 aromatic rings. The smallest absolute Gasteiger partial charge is 0.0331 e. The van der Waals surface area contributed by atoms with E-state index in [9.17, 15) is 4.21 Å². The van der Waals surface area contributed by atoms with E-state index < -0.39 is 9.52 Å². The fourth-order valence-corrected chi connectivity index (χ4v) is 2.61. The van der Waals surface area contributed by atoms with E-state index in [0.29, 0.717) is 5.92 Å². The second-order valence-corrected chi connectivity index (χ2v) is 6.63. The van der Waals surface area contributed by atoms with Crippen molar-refractivity contribution in [3.8, 4) is 0 Å². The molecule has 0 saturated heterocycles. The summed E-state index contributed by atoms with van der Waals surface area (Å²) in [7, 11) is -2.08. The summed E-state index contributed by atoms with van der Waals surface area (Å²) in [5.41, 5.74) is 2.37. The van der Waals surface area contributed by atoms with E-state index in [0.717, 1.165) is 10.5 Å². The molecule has 14 heavy (non-hydrogen) atoms. The zero-order chi connectivity index (χ0) is 10.9. The van der Waals surface area contributed by atoms with Crippen LogP contribution >= 0.6 is 0 Å². The minimum Gasteiger partial charge on any atom is -0.263 e. The Morgan fingerprint density at radius 3 is 2.29 bits per heavy atom. The Kier molecular flexibility index (Phi) is 3.05. The summed E-state index contributed by atoms with van der Waals surface area (Å²) in [5, 5.41) is 0. The van der Waals surface area contributed by atoms with Crippen LogP contribution < -0.4 is 0 Å². The first kappa shape index (κ1) is 11.3. The summed E-state index contributed by atoms with van der Waals surface area (Å²) in [6.45, 7) is 6.30. The van der Waals surface area contributed by atoms with Gasteiger partial charge in [-0.1, -0.05) is 26.0 Å². The van der Waals surface area contributed by atoms with Gasteiger partial charge in [0.1, 0.15) is 0 Å². The van der Waals surface area contributed by atoms with Crippen molar-refractivity contribution in [1.29, 1.82) is 0 Å². The van der Waals surface area contributed by atoms with Crippen LogP contribution in [0.2, 0.25) is 0 Å². The molecule has 78 valence electrons. The van der Waals surface area contributed by atoms with Crippen LogP contribution in [0.3, 0.4) is 0 Å². The lowest BCUT2D eigenvalue weighted by Gasteiger charge is -2.11. The van der Waals surface area contributed by atoms with Gasteiger partial charge in [-0.25, -0.2) is 0 Å². The molecular formula is C12H18OS. The molecule has 2 heteroatoms. The minimum atomic E-state index is -2.08. The molecule has 0 heterocycles. The molecule has 0 amide bonds. The maximum atomic E-state index is 11.8. The van der Waals surface area contributed by atoms with Crippen molar-refractivity contribution >= 4 is 15.4 Å². The summed E-state index contributed by atoms with van der Waals surface area (Å²) in [5.74, 6) is 4.22. The molecule has 0 aromatic heterocycles. The third-order valence-electron chi connectivity index (χ3n) is 2.33. The third kappa shape index (κ3) is 2.38. The van der Waals surface area contributed by atoms with Gasteiger partial charge >= 0.3 is 0 Å². The van der Waals surface area contributed by atoms with Crippen LogP contribution in [0.15, 0.2) is 23.1 Å². The maximum absolute atomic E-state index is 11.8. The van der Waals surface area contributed by atoms with E-state index in [1.54, 1.807) is 6.26 Å². The molecule has 1 nitrogen and oxygen atoms in total. The summed E-state index contributed by atoms with van der Waals surface area (Å²) in [6, 6.07) is 6.09. The van der Waals surface area contributed by atoms with Crippen LogP contribution in [0, 0.1) is 6.92 Å². The lowest BCUT2D eigenvalue weighted by Crippen LogP contribution is -2.00. The lowest BCUT2D eigenvalue weighted by molar-refractivity contribution is 0.684. The molecule has 0 aliphatic heterocycles. The number of hydrogen-bond acceptors (Lipinski definition) is 1. The summed E-state index contributed by atoms with van der Waals surface area (Å²) in [4.78, 5) is 0.877. The second-order valence-electron chi connectivity index (χ2n) is 4.18. The van der Waals surface area contributed by atoms with Crippen LogP contribution in [0.25, 0.3) is 0 Å². The summed E-state index contributed by atoms with van der Waals surface area (Å²) >= 11 is 0. The van der Waals surface area contributed by atoms with Gasteiger partial charge in [-0.2, -0.15) is 0 Å². The van der Waals surface area contributed by atoms with Gasteiger partial charge in [0.2, 0.25) is 0 Å². The van der Waals surface area contributed by atoms with Gasteiger partial charge in [0.05, 0.1) is 0 Å². The van der Waals surface area contributed by atoms with Gasteiger partial charge in [-0.05, 0) is 45.4 Å². The zero-order valence-corrected chi connectivity index (χ0v) is 10.1. The number of benzene rings is 1. The van der Waals surface area contributed by atoms with Crippen molar-refractivity contribution < 1.29 is 4.21 Å². The molecule has 1 atom stereocenters. The fourth-order valence-electron chi connectivity index (χ4n) is 1.52. The first-order valence-electron chi connectivity index (χ1n) is 4.75. The third-order valence-corrected chi connectivity index (χ3v) is 3.72. The fraction of sp³-hybridized carbons (Fsp3) is 0.417. The van der Waals surface area contributed by atoms with Gasteiger partial charge in [0.15, 0.2) is 0 Å². The van der Waals surface area contributed by atoms with E-state index in [1.165, 1.54) is 5.56 Å². The van der Waals surface area contributed by atoms with Gasteiger partial charge in [-0.3, -0.25) is 4.21 Å². The molecule has 0 saturated carbocycles. The number of hydrogen-bond donors (Lipinski definition) is 0. The lowest BCUT2D eigenvalue weighted by atomic mass is 10.0. The van der Waals surface area contributed by atoms with Crippen LogP contribution in [-0.2, 0) is 9.52 Å². The number of aryl methyl sites for hydroxylation is 1. The van der Waals surface area contributed by atoms with Crippen molar-refractivity contribution in [1.82, 2.24) is 0 Å². The highest BCUT2D eigenvalue weighted by Crippen LogP contribution is 2.21. The summed E-state index contributed by atoms with van der Waals surface area (Å²) in [6.07, 6.45) is 1.68. The maximum Gasteiger partial charge on any atom is 0.0331 e. The molecule has 1 rings (SSSR count). The monoisotopic (exact) mass is 210 g/mol. The largest absolute Gasteiger partial charge is 0.263 e. The van der Waals surface area contributed by atoms with Crippen molar-refractivity contribution in [2.24, 2.45) is 0 Å². The van der Waals surface area contributed by atoms with Crippen molar-refractivity contribution in [3.63, 3.8) is 0 Å². The molecule has 1 aromatic carbocycles. The standard InChI is InChI=1S/C12H18OS/c1-9(2)11-6-7-12(10(3)8-11)14(4,5)13/h6-9H,4H2,1-3,5H3. The first-order valence-corrected chi connectivity index (χ1v) is 6.88. The molecule has 0 N–H and O–H groups in total. The molecule has 0 aliphatic rings. The number of rotatable bonds is 2. The Labute approximate surface area is 87.2 Å². The Hall–Kier alpha value is -0.760. The van der Waals surface area contributed by atoms with E-state index in [2.05, 4.69) is 25.8 Å². The summed E-state index contributed by atoms with van der Waals surface area (Å²) < 4.78 is 11.8. The van der Waals surface area contributed by atoms with Gasteiger partial charge in [-0.15, -0.1) is 0 Å². The molecule has 0 radical (unpaired) electrons. The Morgan fingerprint density at radius 2 is 1.93 bits per heavy atom. The Balaban J connectivity index is 3.28. The van der Waals surface area contributed by atoms with E-state index in [-0.39, 0.29) is 0 Å². The first-order chi connectivity index (χ1) is 6.32. The molecule has 0 spiro atoms. The SMILES string of the molecule is C=S(C)(=O)c1ccc(C(C)C)cc1C. The average molecular weight is 210 g/mol. The van der Waals surface area contributed by atoms with Crippen LogP contribution in [0.4, 0.5) is 0 Å². The van der Waals surface area contributed by atoms with Crippen LogP contribution in [0.5, 0.6) is 0 Å². The molecular weight excluding hydrogens is 192 g/mol.